The van der Waals surface area contributed by atoms with Crippen molar-refractivity contribution in [3.05, 3.63) is 53.6 Å². The number of benzene rings is 2. The zero-order valence-electron chi connectivity index (χ0n) is 19.2. The second kappa shape index (κ2) is 11.9. The van der Waals surface area contributed by atoms with Gasteiger partial charge in [0.05, 0.1) is 42.0 Å². The van der Waals surface area contributed by atoms with Gasteiger partial charge >= 0.3 is 0 Å². The first-order valence-electron chi connectivity index (χ1n) is 10.8. The Morgan fingerprint density at radius 3 is 2.47 bits per heavy atom. The third kappa shape index (κ3) is 6.11. The Balaban J connectivity index is 1.84. The van der Waals surface area contributed by atoms with Crippen molar-refractivity contribution in [3.8, 4) is 5.75 Å². The van der Waals surface area contributed by atoms with Crippen LogP contribution in [0.4, 0.5) is 5.69 Å². The highest BCUT2D eigenvalue weighted by Gasteiger charge is 2.28. The summed E-state index contributed by atoms with van der Waals surface area (Å²) in [5.41, 5.74) is 0.608. The molecule has 1 saturated heterocycles. The van der Waals surface area contributed by atoms with Gasteiger partial charge in [-0.05, 0) is 36.8 Å². The van der Waals surface area contributed by atoms with E-state index in [9.17, 15) is 18.0 Å². The van der Waals surface area contributed by atoms with Crippen molar-refractivity contribution in [2.75, 3.05) is 59.0 Å². The molecule has 184 valence electrons. The fourth-order valence-electron chi connectivity index (χ4n) is 3.45. The van der Waals surface area contributed by atoms with Crippen LogP contribution in [0.3, 0.4) is 0 Å². The van der Waals surface area contributed by atoms with Crippen LogP contribution in [0.5, 0.6) is 5.75 Å². The van der Waals surface area contributed by atoms with Gasteiger partial charge in [-0.1, -0.05) is 12.1 Å². The van der Waals surface area contributed by atoms with Crippen molar-refractivity contribution >= 4 is 27.5 Å². The van der Waals surface area contributed by atoms with Crippen molar-refractivity contribution in [3.63, 3.8) is 0 Å². The lowest BCUT2D eigenvalue weighted by molar-refractivity contribution is 0.0730. The quantitative estimate of drug-likeness (QED) is 0.485. The van der Waals surface area contributed by atoms with Gasteiger partial charge in [-0.3, -0.25) is 9.59 Å². The Hall–Kier alpha value is -2.99. The summed E-state index contributed by atoms with van der Waals surface area (Å²) in [6.07, 6.45) is 0.651. The highest BCUT2D eigenvalue weighted by atomic mass is 32.2. The summed E-state index contributed by atoms with van der Waals surface area (Å²) in [7, 11) is -0.831. The molecule has 2 aromatic carbocycles. The molecule has 0 unspecified atom stereocenters. The molecular weight excluding hydrogens is 462 g/mol. The summed E-state index contributed by atoms with van der Waals surface area (Å²) >= 11 is 0. The first kappa shape index (κ1) is 25.6. The molecule has 10 nitrogen and oxygen atoms in total. The molecule has 3 rings (SSSR count). The van der Waals surface area contributed by atoms with Crippen LogP contribution in [0, 0.1) is 0 Å². The molecule has 0 aromatic heterocycles. The van der Waals surface area contributed by atoms with Crippen LogP contribution in [0.25, 0.3) is 0 Å². The molecular formula is C23H29N3O7S. The topological polar surface area (TPSA) is 123 Å². The number of nitrogens with one attached hydrogen (secondary N) is 2. The lowest BCUT2D eigenvalue weighted by Crippen LogP contribution is -2.40. The Labute approximate surface area is 199 Å². The van der Waals surface area contributed by atoms with Gasteiger partial charge in [0.15, 0.2) is 0 Å². The van der Waals surface area contributed by atoms with Crippen molar-refractivity contribution in [1.82, 2.24) is 9.62 Å². The smallest absolute Gasteiger partial charge is 0.259 e. The summed E-state index contributed by atoms with van der Waals surface area (Å²) in [5.74, 6) is -0.738. The van der Waals surface area contributed by atoms with Crippen LogP contribution in [0.1, 0.15) is 27.1 Å². The summed E-state index contributed by atoms with van der Waals surface area (Å²) < 4.78 is 42.9. The zero-order chi connectivity index (χ0) is 24.6. The Kier molecular flexibility index (Phi) is 8.99. The molecule has 1 aliphatic rings. The van der Waals surface area contributed by atoms with E-state index in [0.29, 0.717) is 38.5 Å². The number of rotatable bonds is 10. The fourth-order valence-corrected chi connectivity index (χ4v) is 4.89. The minimum atomic E-state index is -3.81. The first-order valence-corrected chi connectivity index (χ1v) is 12.3. The number of para-hydroxylation sites is 1. The third-order valence-electron chi connectivity index (χ3n) is 5.25. The average molecular weight is 492 g/mol. The highest BCUT2D eigenvalue weighted by molar-refractivity contribution is 7.89. The maximum absolute atomic E-state index is 13.2. The number of carbonyl (C=O) groups excluding carboxylic acids is 2. The summed E-state index contributed by atoms with van der Waals surface area (Å²) in [6, 6.07) is 10.7. The Bertz CT molecular complexity index is 1120. The summed E-state index contributed by atoms with van der Waals surface area (Å²) in [4.78, 5) is 25.7. The molecule has 2 amide bonds. The van der Waals surface area contributed by atoms with Crippen molar-refractivity contribution in [2.24, 2.45) is 0 Å². The number of sulfonamides is 1. The SMILES string of the molecule is COCCCNC(=O)c1ccccc1NC(=O)c1cc(S(=O)(=O)N2CCOCC2)ccc1OC. The Morgan fingerprint density at radius 1 is 1.03 bits per heavy atom. The monoisotopic (exact) mass is 491 g/mol. The van der Waals surface area contributed by atoms with Crippen LogP contribution in [0.15, 0.2) is 47.4 Å². The van der Waals surface area contributed by atoms with Gasteiger partial charge in [-0.2, -0.15) is 4.31 Å². The molecule has 1 heterocycles. The molecule has 2 aromatic rings. The molecule has 1 fully saturated rings. The molecule has 34 heavy (non-hydrogen) atoms. The molecule has 0 bridgehead atoms. The predicted octanol–water partition coefficient (Wildman–Crippen LogP) is 1.73. The first-order chi connectivity index (χ1) is 16.4. The molecule has 0 aliphatic carbocycles. The van der Waals surface area contributed by atoms with Gasteiger partial charge in [-0.15, -0.1) is 0 Å². The largest absolute Gasteiger partial charge is 0.496 e. The van der Waals surface area contributed by atoms with Crippen LogP contribution in [-0.2, 0) is 19.5 Å². The lowest BCUT2D eigenvalue weighted by Gasteiger charge is -2.26. The third-order valence-corrected chi connectivity index (χ3v) is 7.15. The van der Waals surface area contributed by atoms with E-state index in [1.807, 2.05) is 0 Å². The van der Waals surface area contributed by atoms with E-state index in [-0.39, 0.29) is 40.8 Å². The van der Waals surface area contributed by atoms with Crippen LogP contribution in [0.2, 0.25) is 0 Å². The van der Waals surface area contributed by atoms with Gasteiger partial charge < -0.3 is 24.8 Å². The van der Waals surface area contributed by atoms with E-state index in [4.69, 9.17) is 14.2 Å². The molecule has 0 saturated carbocycles. The molecule has 11 heteroatoms. The van der Waals surface area contributed by atoms with E-state index in [1.165, 1.54) is 29.6 Å². The number of morpholine rings is 1. The van der Waals surface area contributed by atoms with Crippen molar-refractivity contribution < 1.29 is 32.2 Å². The van der Waals surface area contributed by atoms with Gasteiger partial charge in [0, 0.05) is 33.4 Å². The standard InChI is InChI=1S/C23H29N3O7S/c1-31-13-5-10-24-22(27)18-6-3-4-7-20(18)25-23(28)19-16-17(8-9-21(19)32-2)34(29,30)26-11-14-33-15-12-26/h3-4,6-9,16H,5,10-15H2,1-2H3,(H,24,27)(H,25,28). The number of ether oxygens (including phenoxy) is 3. The van der Waals surface area contributed by atoms with Gasteiger partial charge in [-0.25, -0.2) is 8.42 Å². The molecule has 0 radical (unpaired) electrons. The molecule has 1 aliphatic heterocycles. The van der Waals surface area contributed by atoms with E-state index in [1.54, 1.807) is 31.4 Å². The number of nitrogens with zero attached hydrogens (tertiary/aromatic N) is 1. The fraction of sp³-hybridized carbons (Fsp3) is 0.391. The minimum Gasteiger partial charge on any atom is -0.496 e. The van der Waals surface area contributed by atoms with Crippen molar-refractivity contribution in [2.45, 2.75) is 11.3 Å². The number of carbonyl (C=O) groups is 2. The number of methoxy groups -OCH3 is 2. The van der Waals surface area contributed by atoms with Crippen molar-refractivity contribution in [1.29, 1.82) is 0 Å². The van der Waals surface area contributed by atoms with E-state index < -0.39 is 15.9 Å². The second-order valence-corrected chi connectivity index (χ2v) is 9.42. The van der Waals surface area contributed by atoms with E-state index >= 15 is 0 Å². The Morgan fingerprint density at radius 2 is 1.76 bits per heavy atom. The number of amides is 2. The predicted molar refractivity (Wildman–Crippen MR) is 126 cm³/mol. The molecule has 0 atom stereocenters. The summed E-state index contributed by atoms with van der Waals surface area (Å²) in [6.45, 7) is 2.04. The highest BCUT2D eigenvalue weighted by Crippen LogP contribution is 2.26. The number of hydrogen-bond donors (Lipinski definition) is 2. The van der Waals surface area contributed by atoms with Crippen LogP contribution in [-0.4, -0.2) is 78.2 Å². The van der Waals surface area contributed by atoms with Gasteiger partial charge in [0.2, 0.25) is 10.0 Å². The van der Waals surface area contributed by atoms with E-state index in [2.05, 4.69) is 10.6 Å². The maximum Gasteiger partial charge on any atom is 0.259 e. The van der Waals surface area contributed by atoms with Gasteiger partial charge in [0.1, 0.15) is 5.75 Å². The number of hydrogen-bond acceptors (Lipinski definition) is 7. The van der Waals surface area contributed by atoms with E-state index in [0.717, 1.165) is 0 Å². The maximum atomic E-state index is 13.2. The van der Waals surface area contributed by atoms with Gasteiger partial charge in [0.25, 0.3) is 11.8 Å². The molecule has 0 spiro atoms. The second-order valence-electron chi connectivity index (χ2n) is 7.48. The average Bonchev–Trinajstić information content (AvgIpc) is 2.87. The normalized spacial score (nSPS) is 14.4. The lowest BCUT2D eigenvalue weighted by atomic mass is 10.1. The van der Waals surface area contributed by atoms with Crippen LogP contribution < -0.4 is 15.4 Å². The minimum absolute atomic E-state index is 0.0236. The zero-order valence-corrected chi connectivity index (χ0v) is 20.0. The summed E-state index contributed by atoms with van der Waals surface area (Å²) in [5, 5.41) is 5.49. The number of anilines is 1. The molecule has 2 N–H and O–H groups in total. The van der Waals surface area contributed by atoms with Crippen LogP contribution >= 0.6 is 0 Å².